The van der Waals surface area contributed by atoms with Gasteiger partial charge in [0.15, 0.2) is 18.1 Å². The number of rotatable bonds is 7. The van der Waals surface area contributed by atoms with Crippen LogP contribution in [-0.2, 0) is 14.4 Å². The van der Waals surface area contributed by atoms with Gasteiger partial charge in [-0.25, -0.2) is 4.90 Å². The van der Waals surface area contributed by atoms with Crippen LogP contribution >= 0.6 is 34.7 Å². The highest BCUT2D eigenvalue weighted by Gasteiger charge is 2.56. The molecule has 12 heteroatoms. The number of aromatic nitrogens is 1. The largest absolute Gasteiger partial charge is 0.493 e. The van der Waals surface area contributed by atoms with E-state index in [2.05, 4.69) is 10.3 Å². The van der Waals surface area contributed by atoms with Crippen LogP contribution in [0.4, 0.5) is 11.4 Å². The second-order valence-electron chi connectivity index (χ2n) is 9.80. The fourth-order valence-corrected chi connectivity index (χ4v) is 7.90. The number of halogens is 1. The molecule has 0 bridgehead atoms. The monoisotopic (exact) mass is 621 g/mol. The van der Waals surface area contributed by atoms with Gasteiger partial charge < -0.3 is 19.8 Å². The Kier molecular flexibility index (Phi) is 7.56. The number of carbonyl (C=O) groups excluding carboxylic acids is 3. The number of methoxy groups -OCH3 is 1. The third-order valence-electron chi connectivity index (χ3n) is 7.23. The van der Waals surface area contributed by atoms with E-state index in [1.807, 2.05) is 31.2 Å². The van der Waals surface area contributed by atoms with Crippen LogP contribution in [-0.4, -0.2) is 41.7 Å². The molecule has 0 saturated carbocycles. The van der Waals surface area contributed by atoms with Crippen molar-refractivity contribution in [1.82, 2.24) is 4.98 Å². The van der Waals surface area contributed by atoms with Crippen LogP contribution in [0.3, 0.4) is 0 Å². The smallest absolute Gasteiger partial charge is 0.305 e. The van der Waals surface area contributed by atoms with Gasteiger partial charge in [-0.05, 0) is 60.5 Å². The van der Waals surface area contributed by atoms with E-state index in [4.69, 9.17) is 21.1 Å². The lowest BCUT2D eigenvalue weighted by atomic mass is 9.83. The number of thiazole rings is 1. The summed E-state index contributed by atoms with van der Waals surface area (Å²) in [5, 5.41) is 3.16. The fraction of sp³-hybridized carbons (Fsp3) is 0.200. The van der Waals surface area contributed by atoms with Crippen molar-refractivity contribution in [2.75, 3.05) is 23.9 Å². The quantitative estimate of drug-likeness (QED) is 0.272. The molecule has 1 saturated heterocycles. The van der Waals surface area contributed by atoms with Crippen molar-refractivity contribution in [3.05, 3.63) is 97.4 Å². The Bertz CT molecular complexity index is 1770. The van der Waals surface area contributed by atoms with E-state index >= 15 is 0 Å². The number of hydrogen-bond acceptors (Lipinski definition) is 8. The first-order valence-electron chi connectivity index (χ1n) is 12.9. The molecule has 2 N–H and O–H groups in total. The zero-order valence-electron chi connectivity index (χ0n) is 22.4. The molecule has 6 rings (SSSR count). The van der Waals surface area contributed by atoms with Crippen LogP contribution in [0.15, 0.2) is 76.6 Å². The van der Waals surface area contributed by atoms with E-state index in [0.717, 1.165) is 16.9 Å². The number of fused-ring (bicyclic) bond motifs is 2. The Balaban J connectivity index is 1.30. The van der Waals surface area contributed by atoms with Crippen molar-refractivity contribution < 1.29 is 23.9 Å². The number of benzene rings is 3. The minimum Gasteiger partial charge on any atom is -0.493 e. The highest BCUT2D eigenvalue weighted by molar-refractivity contribution is 8.00. The molecule has 2 aliphatic rings. The maximum absolute atomic E-state index is 13.9. The molecule has 0 radical (unpaired) electrons. The van der Waals surface area contributed by atoms with E-state index in [9.17, 15) is 19.2 Å². The Labute approximate surface area is 253 Å². The van der Waals surface area contributed by atoms with Crippen molar-refractivity contribution in [2.24, 2.45) is 5.92 Å². The zero-order chi connectivity index (χ0) is 29.5. The summed E-state index contributed by atoms with van der Waals surface area (Å²) in [6.45, 7) is 1.65. The summed E-state index contributed by atoms with van der Waals surface area (Å²) in [4.78, 5) is 56.9. The molecular weight excluding hydrogens is 598 g/mol. The van der Waals surface area contributed by atoms with Gasteiger partial charge in [0, 0.05) is 21.5 Å². The van der Waals surface area contributed by atoms with Crippen LogP contribution < -0.4 is 24.6 Å². The minimum absolute atomic E-state index is 0.249. The first kappa shape index (κ1) is 28.1. The predicted molar refractivity (Wildman–Crippen MR) is 162 cm³/mol. The van der Waals surface area contributed by atoms with Gasteiger partial charge in [-0.2, -0.15) is 0 Å². The first-order valence-corrected chi connectivity index (χ1v) is 15.0. The molecule has 214 valence electrons. The molecule has 3 atom stereocenters. The summed E-state index contributed by atoms with van der Waals surface area (Å²) in [6.07, 6.45) is 0. The number of imide groups is 1. The molecule has 42 heavy (non-hydrogen) atoms. The van der Waals surface area contributed by atoms with Crippen molar-refractivity contribution in [3.63, 3.8) is 0 Å². The Morgan fingerprint density at radius 2 is 1.79 bits per heavy atom. The van der Waals surface area contributed by atoms with Crippen molar-refractivity contribution in [3.8, 4) is 11.5 Å². The number of hydrogen-bond donors (Lipinski definition) is 2. The van der Waals surface area contributed by atoms with E-state index in [1.165, 1.54) is 23.8 Å². The third-order valence-corrected chi connectivity index (χ3v) is 9.89. The average molecular weight is 622 g/mol. The summed E-state index contributed by atoms with van der Waals surface area (Å²) in [6, 6.07) is 19.1. The van der Waals surface area contributed by atoms with E-state index in [1.54, 1.807) is 42.5 Å². The molecular formula is C30H24ClN3O6S2. The lowest BCUT2D eigenvalue weighted by Crippen LogP contribution is -2.32. The molecule has 1 aromatic heterocycles. The molecule has 3 unspecified atom stereocenters. The number of H-pyrrole nitrogens is 1. The van der Waals surface area contributed by atoms with Gasteiger partial charge in [-0.1, -0.05) is 59.0 Å². The molecule has 3 aromatic carbocycles. The normalized spacial score (nSPS) is 19.3. The number of thioether (sulfide) groups is 1. The molecule has 4 aromatic rings. The predicted octanol–water partition coefficient (Wildman–Crippen LogP) is 5.22. The second kappa shape index (κ2) is 11.3. The Hall–Kier alpha value is -4.06. The van der Waals surface area contributed by atoms with Crippen LogP contribution in [0.25, 0.3) is 0 Å². The van der Waals surface area contributed by atoms with Gasteiger partial charge in [-0.15, -0.1) is 0 Å². The van der Waals surface area contributed by atoms with Gasteiger partial charge in [0.05, 0.1) is 23.7 Å². The summed E-state index contributed by atoms with van der Waals surface area (Å²) in [5.74, 6) is -1.70. The lowest BCUT2D eigenvalue weighted by Gasteiger charge is -2.30. The Morgan fingerprint density at radius 3 is 2.52 bits per heavy atom. The number of nitrogens with one attached hydrogen (secondary N) is 2. The van der Waals surface area contributed by atoms with Crippen LogP contribution in [0.2, 0.25) is 5.02 Å². The number of aromatic amines is 1. The Morgan fingerprint density at radius 1 is 1.02 bits per heavy atom. The first-order chi connectivity index (χ1) is 20.2. The van der Waals surface area contributed by atoms with Crippen LogP contribution in [0.5, 0.6) is 11.5 Å². The summed E-state index contributed by atoms with van der Waals surface area (Å²) in [5.41, 5.74) is 2.74. The lowest BCUT2D eigenvalue weighted by molar-refractivity contribution is -0.122. The third kappa shape index (κ3) is 5.08. The van der Waals surface area contributed by atoms with Crippen LogP contribution in [0.1, 0.15) is 21.9 Å². The van der Waals surface area contributed by atoms with E-state index in [-0.39, 0.29) is 29.2 Å². The topological polar surface area (TPSA) is 118 Å². The van der Waals surface area contributed by atoms with Crippen LogP contribution in [0, 0.1) is 12.8 Å². The highest BCUT2D eigenvalue weighted by atomic mass is 35.5. The van der Waals surface area contributed by atoms with Gasteiger partial charge in [0.2, 0.25) is 11.8 Å². The van der Waals surface area contributed by atoms with Gasteiger partial charge in [0.25, 0.3) is 5.91 Å². The highest BCUT2D eigenvalue weighted by Crippen LogP contribution is 2.53. The molecule has 1 fully saturated rings. The van der Waals surface area contributed by atoms with E-state index < -0.39 is 17.1 Å². The van der Waals surface area contributed by atoms with Crippen molar-refractivity contribution in [1.29, 1.82) is 0 Å². The average Bonchev–Trinajstić information content (AvgIpc) is 3.47. The van der Waals surface area contributed by atoms with Gasteiger partial charge >= 0.3 is 4.87 Å². The summed E-state index contributed by atoms with van der Waals surface area (Å²) >= 11 is 8.26. The number of para-hydroxylation sites is 1. The SMILES string of the molecule is COc1cc(C2c3sc(=O)[nH]c3SC3C(=O)N(c4ccc(Cl)cc4)C(=O)C32)ccc1OCC(=O)Nc1ccccc1C. The number of nitrogens with zero attached hydrogens (tertiary/aromatic N) is 1. The second-order valence-corrected chi connectivity index (χ2v) is 12.4. The number of amides is 3. The number of ether oxygens (including phenoxy) is 2. The zero-order valence-corrected chi connectivity index (χ0v) is 24.8. The maximum atomic E-state index is 13.9. The van der Waals surface area contributed by atoms with E-state index in [0.29, 0.717) is 43.4 Å². The molecule has 3 heterocycles. The number of carbonyl (C=O) groups is 3. The molecule has 3 amide bonds. The summed E-state index contributed by atoms with van der Waals surface area (Å²) < 4.78 is 11.4. The number of aryl methyl sites for hydroxylation is 1. The van der Waals surface area contributed by atoms with Crippen molar-refractivity contribution >= 4 is 63.8 Å². The van der Waals surface area contributed by atoms with Gasteiger partial charge in [0.1, 0.15) is 5.25 Å². The fourth-order valence-electron chi connectivity index (χ4n) is 5.26. The molecule has 0 spiro atoms. The molecule has 2 aliphatic heterocycles. The van der Waals surface area contributed by atoms with Crippen molar-refractivity contribution in [2.45, 2.75) is 23.1 Å². The van der Waals surface area contributed by atoms with Gasteiger partial charge in [-0.3, -0.25) is 19.2 Å². The number of anilines is 2. The maximum Gasteiger partial charge on any atom is 0.305 e. The molecule has 9 nitrogen and oxygen atoms in total. The summed E-state index contributed by atoms with van der Waals surface area (Å²) in [7, 11) is 1.48. The molecule has 0 aliphatic carbocycles. The minimum atomic E-state index is -0.756. The standard InChI is InChI=1S/C30H24ClN3O6S2/c1-15-5-3-4-6-19(15)32-22(35)14-40-20-12-7-16(13-21(20)39-2)23-24-26(41-27-25(23)42-30(38)33-27)29(37)34(28(24)36)18-10-8-17(31)9-11-18/h3-13,23-24,26H,14H2,1-2H3,(H,32,35)(H,33,38).